The fraction of sp³-hybridized carbons (Fsp3) is 1.00. The lowest BCUT2D eigenvalue weighted by atomic mass is 10.1. The number of hydrogen-bond acceptors (Lipinski definition) is 4. The van der Waals surface area contributed by atoms with Crippen LogP contribution in [0.3, 0.4) is 0 Å². The molecule has 5 atom stereocenters. The van der Waals surface area contributed by atoms with Crippen molar-refractivity contribution in [2.24, 2.45) is 0 Å². The topological polar surface area (TPSA) is 47.9 Å². The van der Waals surface area contributed by atoms with Gasteiger partial charge in [0.2, 0.25) is 0 Å². The molecule has 1 N–H and O–H groups in total. The Morgan fingerprint density at radius 2 is 1.79 bits per heavy atom. The first kappa shape index (κ1) is 10.4. The molecule has 0 aromatic carbocycles. The number of aliphatic hydroxyl groups excluding tert-OH is 1. The van der Waals surface area contributed by atoms with E-state index in [0.29, 0.717) is 0 Å². The van der Waals surface area contributed by atoms with Crippen molar-refractivity contribution in [3.63, 3.8) is 0 Å². The quantitative estimate of drug-likeness (QED) is 0.679. The Kier molecular flexibility index (Phi) is 2.34. The van der Waals surface area contributed by atoms with E-state index in [2.05, 4.69) is 0 Å². The summed E-state index contributed by atoms with van der Waals surface area (Å²) >= 11 is 0. The molecule has 2 fully saturated rings. The minimum absolute atomic E-state index is 0.0126. The van der Waals surface area contributed by atoms with E-state index in [1.165, 1.54) is 0 Å². The molecular weight excluding hydrogens is 184 g/mol. The molecule has 2 heterocycles. The fourth-order valence-corrected chi connectivity index (χ4v) is 2.23. The molecule has 0 aliphatic carbocycles. The van der Waals surface area contributed by atoms with Crippen LogP contribution in [0.2, 0.25) is 0 Å². The number of rotatable bonds is 1. The molecule has 0 saturated carbocycles. The van der Waals surface area contributed by atoms with Crippen molar-refractivity contribution in [1.82, 2.24) is 0 Å². The number of aliphatic hydroxyl groups is 1. The van der Waals surface area contributed by atoms with Crippen LogP contribution in [0.15, 0.2) is 0 Å². The summed E-state index contributed by atoms with van der Waals surface area (Å²) in [4.78, 5) is 0. The number of fused-ring (bicyclic) bond motifs is 1. The van der Waals surface area contributed by atoms with Gasteiger partial charge in [-0.1, -0.05) is 0 Å². The Labute approximate surface area is 84.1 Å². The Morgan fingerprint density at radius 1 is 1.21 bits per heavy atom. The smallest absolute Gasteiger partial charge is 0.164 e. The molecular formula is C10H18O4. The van der Waals surface area contributed by atoms with Crippen LogP contribution in [-0.4, -0.2) is 41.4 Å². The lowest BCUT2D eigenvalue weighted by Crippen LogP contribution is -2.36. The molecule has 0 aromatic rings. The third kappa shape index (κ3) is 1.56. The second kappa shape index (κ2) is 3.17. The van der Waals surface area contributed by atoms with E-state index in [-0.39, 0.29) is 24.4 Å². The third-order valence-electron chi connectivity index (χ3n) is 2.80. The van der Waals surface area contributed by atoms with Crippen molar-refractivity contribution in [3.05, 3.63) is 0 Å². The normalized spacial score (nSPS) is 47.8. The molecule has 0 spiro atoms. The predicted molar refractivity (Wildman–Crippen MR) is 49.8 cm³/mol. The van der Waals surface area contributed by atoms with Gasteiger partial charge in [0.05, 0.1) is 12.2 Å². The van der Waals surface area contributed by atoms with E-state index < -0.39 is 11.9 Å². The molecule has 2 saturated heterocycles. The highest BCUT2D eigenvalue weighted by Gasteiger charge is 2.54. The highest BCUT2D eigenvalue weighted by atomic mass is 16.8. The predicted octanol–water partition coefficient (Wildman–Crippen LogP) is 0.675. The van der Waals surface area contributed by atoms with Crippen molar-refractivity contribution in [2.45, 2.75) is 64.0 Å². The van der Waals surface area contributed by atoms with Crippen molar-refractivity contribution < 1.29 is 19.3 Å². The zero-order chi connectivity index (χ0) is 10.5. The van der Waals surface area contributed by atoms with Crippen molar-refractivity contribution in [3.8, 4) is 0 Å². The van der Waals surface area contributed by atoms with Gasteiger partial charge in [0, 0.05) is 0 Å². The maximum Gasteiger partial charge on any atom is 0.164 e. The van der Waals surface area contributed by atoms with Gasteiger partial charge in [-0.25, -0.2) is 0 Å². The van der Waals surface area contributed by atoms with Gasteiger partial charge >= 0.3 is 0 Å². The summed E-state index contributed by atoms with van der Waals surface area (Å²) in [6, 6.07) is 0. The zero-order valence-corrected chi connectivity index (χ0v) is 9.06. The van der Waals surface area contributed by atoms with Crippen LogP contribution >= 0.6 is 0 Å². The molecule has 0 aromatic heterocycles. The summed E-state index contributed by atoms with van der Waals surface area (Å²) in [5.74, 6) is -0.555. The SMILES string of the molecule is C[C@@H]1O[C@@H]([C@H](C)O)[C@@H]2OC(C)(C)OC12. The molecule has 2 aliphatic heterocycles. The van der Waals surface area contributed by atoms with Crippen LogP contribution in [0, 0.1) is 0 Å². The van der Waals surface area contributed by atoms with Crippen molar-refractivity contribution in [2.75, 3.05) is 0 Å². The number of ether oxygens (including phenoxy) is 3. The second-order valence-electron chi connectivity index (χ2n) is 4.61. The van der Waals surface area contributed by atoms with E-state index in [1.807, 2.05) is 20.8 Å². The van der Waals surface area contributed by atoms with Crippen LogP contribution in [-0.2, 0) is 14.2 Å². The van der Waals surface area contributed by atoms with Crippen LogP contribution in [0.4, 0.5) is 0 Å². The van der Waals surface area contributed by atoms with E-state index in [1.54, 1.807) is 6.92 Å². The number of hydrogen-bond donors (Lipinski definition) is 1. The van der Waals surface area contributed by atoms with Gasteiger partial charge in [0.15, 0.2) is 5.79 Å². The van der Waals surface area contributed by atoms with Gasteiger partial charge in [-0.3, -0.25) is 0 Å². The van der Waals surface area contributed by atoms with E-state index >= 15 is 0 Å². The molecule has 1 unspecified atom stereocenters. The minimum Gasteiger partial charge on any atom is -0.391 e. The molecule has 82 valence electrons. The first-order valence-corrected chi connectivity index (χ1v) is 5.10. The van der Waals surface area contributed by atoms with Gasteiger partial charge in [-0.05, 0) is 27.7 Å². The first-order valence-electron chi connectivity index (χ1n) is 5.10. The van der Waals surface area contributed by atoms with Crippen LogP contribution in [0.5, 0.6) is 0 Å². The highest BCUT2D eigenvalue weighted by Crippen LogP contribution is 2.39. The summed E-state index contributed by atoms with van der Waals surface area (Å²) in [6.45, 7) is 7.44. The summed E-state index contributed by atoms with van der Waals surface area (Å²) in [5, 5.41) is 9.53. The van der Waals surface area contributed by atoms with Crippen molar-refractivity contribution >= 4 is 0 Å². The molecule has 4 heteroatoms. The summed E-state index contributed by atoms with van der Waals surface area (Å²) in [6.07, 6.45) is -0.993. The summed E-state index contributed by atoms with van der Waals surface area (Å²) < 4.78 is 17.0. The van der Waals surface area contributed by atoms with Gasteiger partial charge in [0.1, 0.15) is 18.3 Å². The Hall–Kier alpha value is -0.160. The lowest BCUT2D eigenvalue weighted by Gasteiger charge is -2.24. The van der Waals surface area contributed by atoms with Gasteiger partial charge in [-0.2, -0.15) is 0 Å². The van der Waals surface area contributed by atoms with E-state index in [4.69, 9.17) is 14.2 Å². The molecule has 2 aliphatic rings. The molecule has 14 heavy (non-hydrogen) atoms. The standard InChI is InChI=1S/C10H18O4/c1-5(11)7-9-8(6(2)12-7)13-10(3,4)14-9/h5-9,11H,1-4H3/t5-,6-,7-,8?,9-/m0/s1. The first-order chi connectivity index (χ1) is 6.41. The van der Waals surface area contributed by atoms with Crippen LogP contribution in [0.25, 0.3) is 0 Å². The van der Waals surface area contributed by atoms with Crippen LogP contribution < -0.4 is 0 Å². The average molecular weight is 202 g/mol. The third-order valence-corrected chi connectivity index (χ3v) is 2.80. The maximum atomic E-state index is 9.53. The van der Waals surface area contributed by atoms with Crippen molar-refractivity contribution in [1.29, 1.82) is 0 Å². The van der Waals surface area contributed by atoms with Gasteiger partial charge in [0.25, 0.3) is 0 Å². The largest absolute Gasteiger partial charge is 0.391 e. The molecule has 0 bridgehead atoms. The Bertz CT molecular complexity index is 224. The summed E-state index contributed by atoms with van der Waals surface area (Å²) in [7, 11) is 0. The molecule has 4 nitrogen and oxygen atoms in total. The highest BCUT2D eigenvalue weighted by molar-refractivity contribution is 4.98. The van der Waals surface area contributed by atoms with E-state index in [9.17, 15) is 5.11 Å². The molecule has 2 rings (SSSR count). The van der Waals surface area contributed by atoms with E-state index in [0.717, 1.165) is 0 Å². The average Bonchev–Trinajstić information content (AvgIpc) is 2.47. The zero-order valence-electron chi connectivity index (χ0n) is 9.06. The van der Waals surface area contributed by atoms with Gasteiger partial charge in [-0.15, -0.1) is 0 Å². The van der Waals surface area contributed by atoms with Crippen LogP contribution in [0.1, 0.15) is 27.7 Å². The van der Waals surface area contributed by atoms with Gasteiger partial charge < -0.3 is 19.3 Å². The Morgan fingerprint density at radius 3 is 2.36 bits per heavy atom. The molecule has 0 amide bonds. The maximum absolute atomic E-state index is 9.53. The monoisotopic (exact) mass is 202 g/mol. The summed E-state index contributed by atoms with van der Waals surface area (Å²) in [5.41, 5.74) is 0. The Balaban J connectivity index is 2.15. The minimum atomic E-state index is -0.555. The molecule has 0 radical (unpaired) electrons. The second-order valence-corrected chi connectivity index (χ2v) is 4.61. The fourth-order valence-electron chi connectivity index (χ4n) is 2.23. The lowest BCUT2D eigenvalue weighted by molar-refractivity contribution is -0.193.